The van der Waals surface area contributed by atoms with Crippen LogP contribution in [0.25, 0.3) is 0 Å². The number of carbonyl (C=O) groups is 1. The highest BCUT2D eigenvalue weighted by Gasteiger charge is 2.22. The summed E-state index contributed by atoms with van der Waals surface area (Å²) in [5.74, 6) is -0.253. The molecule has 2 rings (SSSR count). The second-order valence-corrected chi connectivity index (χ2v) is 5.43. The molecule has 1 aromatic carbocycles. The molecule has 1 saturated carbocycles. The molecular weight excluding hydrogens is 253 g/mol. The van der Waals surface area contributed by atoms with E-state index in [1.165, 1.54) is 18.2 Å². The number of halogens is 2. The highest BCUT2D eigenvalue weighted by molar-refractivity contribution is 6.33. The van der Waals surface area contributed by atoms with Crippen LogP contribution in [-0.4, -0.2) is 11.9 Å². The Bertz CT molecular complexity index is 421. The smallest absolute Gasteiger partial charge is 0.255 e. The van der Waals surface area contributed by atoms with Crippen molar-refractivity contribution in [3.05, 3.63) is 34.6 Å². The highest BCUT2D eigenvalue weighted by atomic mass is 35.5. The molecule has 0 atom stereocenters. The molecule has 1 fully saturated rings. The van der Waals surface area contributed by atoms with Crippen molar-refractivity contribution in [3.8, 4) is 0 Å². The molecule has 0 radical (unpaired) electrons. The van der Waals surface area contributed by atoms with Gasteiger partial charge in [0, 0.05) is 6.04 Å². The summed E-state index contributed by atoms with van der Waals surface area (Å²) in [6.07, 6.45) is 4.13. The standard InChI is InChI=1S/C14H17ClFNO/c1-9-5-7-10(8-6-9)17-14(18)13-11(15)3-2-4-12(13)16/h2-4,9-10H,5-8H2,1H3,(H,17,18). The van der Waals surface area contributed by atoms with Crippen LogP contribution in [0.1, 0.15) is 43.0 Å². The SMILES string of the molecule is CC1CCC(NC(=O)c2c(F)cccc2Cl)CC1. The minimum Gasteiger partial charge on any atom is -0.349 e. The Morgan fingerprint density at radius 3 is 2.61 bits per heavy atom. The monoisotopic (exact) mass is 269 g/mol. The molecule has 0 aromatic heterocycles. The van der Waals surface area contributed by atoms with Gasteiger partial charge in [0.2, 0.25) is 0 Å². The first-order valence-corrected chi connectivity index (χ1v) is 6.70. The minimum absolute atomic E-state index is 0.0437. The van der Waals surface area contributed by atoms with Crippen LogP contribution in [0.5, 0.6) is 0 Å². The van der Waals surface area contributed by atoms with Crippen molar-refractivity contribution in [1.82, 2.24) is 5.32 Å². The van der Waals surface area contributed by atoms with E-state index in [2.05, 4.69) is 12.2 Å². The average Bonchev–Trinajstić information content (AvgIpc) is 2.32. The molecule has 18 heavy (non-hydrogen) atoms. The largest absolute Gasteiger partial charge is 0.349 e. The number of hydrogen-bond donors (Lipinski definition) is 1. The van der Waals surface area contributed by atoms with E-state index in [-0.39, 0.29) is 16.6 Å². The summed E-state index contributed by atoms with van der Waals surface area (Å²) in [7, 11) is 0. The fourth-order valence-electron chi connectivity index (χ4n) is 2.38. The second kappa shape index (κ2) is 5.70. The Morgan fingerprint density at radius 1 is 1.33 bits per heavy atom. The van der Waals surface area contributed by atoms with Gasteiger partial charge in [-0.3, -0.25) is 4.79 Å². The Hall–Kier alpha value is -1.09. The van der Waals surface area contributed by atoms with Gasteiger partial charge in [0.05, 0.1) is 10.6 Å². The van der Waals surface area contributed by atoms with Gasteiger partial charge < -0.3 is 5.32 Å². The van der Waals surface area contributed by atoms with E-state index in [1.54, 1.807) is 0 Å². The van der Waals surface area contributed by atoms with E-state index in [1.807, 2.05) is 0 Å². The van der Waals surface area contributed by atoms with Crippen molar-refractivity contribution in [2.24, 2.45) is 5.92 Å². The number of rotatable bonds is 2. The van der Waals surface area contributed by atoms with Crippen LogP contribution >= 0.6 is 11.6 Å². The van der Waals surface area contributed by atoms with Crippen LogP contribution < -0.4 is 5.32 Å². The molecule has 0 saturated heterocycles. The Labute approximate surface area is 112 Å². The molecule has 1 aliphatic carbocycles. The van der Waals surface area contributed by atoms with Gasteiger partial charge in [-0.2, -0.15) is 0 Å². The molecule has 1 aromatic rings. The molecule has 0 aliphatic heterocycles. The van der Waals surface area contributed by atoms with Gasteiger partial charge in [-0.1, -0.05) is 24.6 Å². The third-order valence-electron chi connectivity index (χ3n) is 3.54. The van der Waals surface area contributed by atoms with Crippen LogP contribution in [0.2, 0.25) is 5.02 Å². The third-order valence-corrected chi connectivity index (χ3v) is 3.86. The molecule has 1 N–H and O–H groups in total. The number of nitrogens with one attached hydrogen (secondary N) is 1. The predicted molar refractivity (Wildman–Crippen MR) is 70.3 cm³/mol. The molecule has 0 heterocycles. The zero-order chi connectivity index (χ0) is 13.1. The molecule has 0 unspecified atom stereocenters. The third kappa shape index (κ3) is 3.02. The van der Waals surface area contributed by atoms with Gasteiger partial charge in [-0.15, -0.1) is 0 Å². The van der Waals surface area contributed by atoms with Gasteiger partial charge in [-0.25, -0.2) is 4.39 Å². The van der Waals surface area contributed by atoms with Gasteiger partial charge >= 0.3 is 0 Å². The summed E-state index contributed by atoms with van der Waals surface area (Å²) in [5, 5.41) is 3.04. The van der Waals surface area contributed by atoms with Gasteiger partial charge in [0.25, 0.3) is 5.91 Å². The summed E-state index contributed by atoms with van der Waals surface area (Å²) in [6.45, 7) is 2.21. The lowest BCUT2D eigenvalue weighted by Gasteiger charge is -2.27. The number of carbonyl (C=O) groups excluding carboxylic acids is 1. The summed E-state index contributed by atoms with van der Waals surface area (Å²) in [4.78, 5) is 12.0. The fraction of sp³-hybridized carbons (Fsp3) is 0.500. The lowest BCUT2D eigenvalue weighted by Crippen LogP contribution is -2.37. The van der Waals surface area contributed by atoms with Crippen LogP contribution in [0, 0.1) is 11.7 Å². The first-order valence-electron chi connectivity index (χ1n) is 6.33. The molecule has 98 valence electrons. The van der Waals surface area contributed by atoms with Gasteiger partial charge in [0.1, 0.15) is 5.82 Å². The van der Waals surface area contributed by atoms with Crippen molar-refractivity contribution in [1.29, 1.82) is 0 Å². The van der Waals surface area contributed by atoms with Gasteiger partial charge in [0.15, 0.2) is 0 Å². The van der Waals surface area contributed by atoms with E-state index < -0.39 is 11.7 Å². The van der Waals surface area contributed by atoms with Crippen molar-refractivity contribution in [2.75, 3.05) is 0 Å². The summed E-state index contributed by atoms with van der Waals surface area (Å²) < 4.78 is 13.6. The van der Waals surface area contributed by atoms with Crippen LogP contribution in [-0.2, 0) is 0 Å². The molecule has 2 nitrogen and oxygen atoms in total. The zero-order valence-corrected chi connectivity index (χ0v) is 11.1. The summed E-state index contributed by atoms with van der Waals surface area (Å²) in [5.41, 5.74) is -0.0437. The summed E-state index contributed by atoms with van der Waals surface area (Å²) >= 11 is 5.86. The Morgan fingerprint density at radius 2 is 2.00 bits per heavy atom. The lowest BCUT2D eigenvalue weighted by molar-refractivity contribution is 0.0919. The maximum Gasteiger partial charge on any atom is 0.255 e. The molecular formula is C14H17ClFNO. The molecule has 0 spiro atoms. The van der Waals surface area contributed by atoms with E-state index in [4.69, 9.17) is 11.6 Å². The van der Waals surface area contributed by atoms with Gasteiger partial charge in [-0.05, 0) is 43.7 Å². The molecule has 0 bridgehead atoms. The average molecular weight is 270 g/mol. The topological polar surface area (TPSA) is 29.1 Å². The fourth-order valence-corrected chi connectivity index (χ4v) is 2.63. The van der Waals surface area contributed by atoms with Crippen LogP contribution in [0.4, 0.5) is 4.39 Å². The van der Waals surface area contributed by atoms with Crippen molar-refractivity contribution in [3.63, 3.8) is 0 Å². The number of benzene rings is 1. The normalized spacial score (nSPS) is 23.7. The summed E-state index contributed by atoms with van der Waals surface area (Å²) in [6, 6.07) is 4.42. The quantitative estimate of drug-likeness (QED) is 0.870. The first-order chi connectivity index (χ1) is 8.58. The van der Waals surface area contributed by atoms with E-state index in [0.29, 0.717) is 0 Å². The van der Waals surface area contributed by atoms with Crippen molar-refractivity contribution >= 4 is 17.5 Å². The zero-order valence-electron chi connectivity index (χ0n) is 10.4. The number of amides is 1. The highest BCUT2D eigenvalue weighted by Crippen LogP contribution is 2.24. The Kier molecular flexibility index (Phi) is 4.23. The minimum atomic E-state index is -0.566. The van der Waals surface area contributed by atoms with E-state index in [9.17, 15) is 9.18 Å². The number of hydrogen-bond acceptors (Lipinski definition) is 1. The van der Waals surface area contributed by atoms with E-state index in [0.717, 1.165) is 31.6 Å². The Balaban J connectivity index is 2.04. The first kappa shape index (κ1) is 13.3. The van der Waals surface area contributed by atoms with Crippen molar-refractivity contribution < 1.29 is 9.18 Å². The predicted octanol–water partition coefficient (Wildman–Crippen LogP) is 3.79. The molecule has 4 heteroatoms. The van der Waals surface area contributed by atoms with Crippen molar-refractivity contribution in [2.45, 2.75) is 38.6 Å². The molecule has 1 amide bonds. The van der Waals surface area contributed by atoms with E-state index >= 15 is 0 Å². The van der Waals surface area contributed by atoms with Crippen LogP contribution in [0.15, 0.2) is 18.2 Å². The molecule has 1 aliphatic rings. The second-order valence-electron chi connectivity index (χ2n) is 5.03. The lowest BCUT2D eigenvalue weighted by atomic mass is 9.87. The van der Waals surface area contributed by atoms with Crippen LogP contribution in [0.3, 0.4) is 0 Å². The maximum absolute atomic E-state index is 13.6. The maximum atomic E-state index is 13.6.